The standard InChI is InChI=1S/C18H23ClN2O4/c19-13-6-7-16(22)14(10-13)21-17(23)11-15(18(24)25)20-9-8-12-4-2-1-3-5-12/h4,6-7,10,15,20,22H,1-3,5,8-9,11H2,(H,21,23)(H,24,25)/t15-/m0/s1. The van der Waals surface area contributed by atoms with E-state index in [1.807, 2.05) is 0 Å². The highest BCUT2D eigenvalue weighted by atomic mass is 35.5. The summed E-state index contributed by atoms with van der Waals surface area (Å²) in [6.45, 7) is 0.512. The molecule has 1 aliphatic rings. The maximum Gasteiger partial charge on any atom is 0.321 e. The largest absolute Gasteiger partial charge is 0.506 e. The molecule has 0 radical (unpaired) electrons. The zero-order valence-electron chi connectivity index (χ0n) is 13.9. The summed E-state index contributed by atoms with van der Waals surface area (Å²) in [4.78, 5) is 23.4. The molecule has 0 fully saturated rings. The van der Waals surface area contributed by atoms with Crippen LogP contribution < -0.4 is 10.6 Å². The number of carboxylic acids is 1. The summed E-state index contributed by atoms with van der Waals surface area (Å²) in [5.74, 6) is -1.71. The van der Waals surface area contributed by atoms with E-state index in [1.54, 1.807) is 0 Å². The van der Waals surface area contributed by atoms with Crippen molar-refractivity contribution in [2.75, 3.05) is 11.9 Å². The van der Waals surface area contributed by atoms with Crippen LogP contribution >= 0.6 is 11.6 Å². The number of amides is 1. The Bertz CT molecular complexity index is 660. The van der Waals surface area contributed by atoms with Gasteiger partial charge in [0.2, 0.25) is 5.91 Å². The minimum Gasteiger partial charge on any atom is -0.506 e. The molecule has 1 aromatic rings. The molecular weight excluding hydrogens is 344 g/mol. The normalized spacial score (nSPS) is 15.3. The van der Waals surface area contributed by atoms with Gasteiger partial charge in [-0.15, -0.1) is 0 Å². The molecule has 2 rings (SSSR count). The van der Waals surface area contributed by atoms with Gasteiger partial charge in [0.05, 0.1) is 12.1 Å². The number of halogens is 1. The lowest BCUT2D eigenvalue weighted by atomic mass is 9.97. The number of phenolic OH excluding ortho intramolecular Hbond substituents is 1. The number of nitrogens with one attached hydrogen (secondary N) is 2. The van der Waals surface area contributed by atoms with Gasteiger partial charge in [-0.2, -0.15) is 0 Å². The second kappa shape index (κ2) is 9.44. The van der Waals surface area contributed by atoms with Crippen LogP contribution in [0.3, 0.4) is 0 Å². The van der Waals surface area contributed by atoms with E-state index >= 15 is 0 Å². The summed E-state index contributed by atoms with van der Waals surface area (Å²) < 4.78 is 0. The molecule has 0 saturated carbocycles. The van der Waals surface area contributed by atoms with Crippen LogP contribution in [-0.2, 0) is 9.59 Å². The van der Waals surface area contributed by atoms with Gasteiger partial charge in [-0.05, 0) is 56.8 Å². The molecule has 1 amide bonds. The molecule has 136 valence electrons. The minimum atomic E-state index is -1.08. The van der Waals surface area contributed by atoms with Gasteiger partial charge in [0.25, 0.3) is 0 Å². The van der Waals surface area contributed by atoms with Crippen molar-refractivity contribution in [1.82, 2.24) is 5.32 Å². The van der Waals surface area contributed by atoms with Gasteiger partial charge in [-0.25, -0.2) is 0 Å². The van der Waals surface area contributed by atoms with E-state index < -0.39 is 17.9 Å². The zero-order chi connectivity index (χ0) is 18.2. The molecule has 4 N–H and O–H groups in total. The number of carboxylic acid groups (broad SMARTS) is 1. The lowest BCUT2D eigenvalue weighted by molar-refractivity contribution is -0.141. The van der Waals surface area contributed by atoms with Crippen LogP contribution in [0.15, 0.2) is 29.8 Å². The van der Waals surface area contributed by atoms with Gasteiger partial charge in [0.15, 0.2) is 0 Å². The smallest absolute Gasteiger partial charge is 0.321 e. The number of aliphatic carboxylic acids is 1. The predicted molar refractivity (Wildman–Crippen MR) is 97.0 cm³/mol. The van der Waals surface area contributed by atoms with Crippen LogP contribution in [0.2, 0.25) is 5.02 Å². The summed E-state index contributed by atoms with van der Waals surface area (Å²) in [6.07, 6.45) is 7.32. The number of carbonyl (C=O) groups excluding carboxylic acids is 1. The van der Waals surface area contributed by atoms with Crippen LogP contribution in [-0.4, -0.2) is 34.7 Å². The monoisotopic (exact) mass is 366 g/mol. The van der Waals surface area contributed by atoms with Crippen molar-refractivity contribution in [2.24, 2.45) is 0 Å². The van der Waals surface area contributed by atoms with Crippen molar-refractivity contribution in [2.45, 2.75) is 44.6 Å². The topological polar surface area (TPSA) is 98.7 Å². The molecule has 0 saturated heterocycles. The molecule has 0 bridgehead atoms. The third-order valence-electron chi connectivity index (χ3n) is 4.14. The fourth-order valence-corrected chi connectivity index (χ4v) is 2.95. The summed E-state index contributed by atoms with van der Waals surface area (Å²) >= 11 is 5.82. The number of hydrogen-bond acceptors (Lipinski definition) is 4. The Balaban J connectivity index is 1.85. The number of carbonyl (C=O) groups is 2. The van der Waals surface area contributed by atoms with E-state index in [-0.39, 0.29) is 17.9 Å². The van der Waals surface area contributed by atoms with Gasteiger partial charge in [-0.3, -0.25) is 9.59 Å². The highest BCUT2D eigenvalue weighted by Gasteiger charge is 2.21. The second-order valence-electron chi connectivity index (χ2n) is 6.12. The predicted octanol–water partition coefficient (Wildman–Crippen LogP) is 3.31. The van der Waals surface area contributed by atoms with E-state index in [0.717, 1.165) is 19.3 Å². The Kier molecular flexibility index (Phi) is 7.28. The number of allylic oxidation sites excluding steroid dienone is 1. The number of phenols is 1. The fourth-order valence-electron chi connectivity index (χ4n) is 2.78. The number of rotatable bonds is 8. The lowest BCUT2D eigenvalue weighted by Crippen LogP contribution is -2.40. The van der Waals surface area contributed by atoms with Crippen molar-refractivity contribution < 1.29 is 19.8 Å². The van der Waals surface area contributed by atoms with E-state index in [2.05, 4.69) is 16.7 Å². The van der Waals surface area contributed by atoms with Gasteiger partial charge < -0.3 is 20.8 Å². The molecule has 6 nitrogen and oxygen atoms in total. The lowest BCUT2D eigenvalue weighted by Gasteiger charge is -2.17. The summed E-state index contributed by atoms with van der Waals surface area (Å²) in [6, 6.07) is 3.29. The molecule has 1 atom stereocenters. The molecule has 25 heavy (non-hydrogen) atoms. The first-order chi connectivity index (χ1) is 12.0. The van der Waals surface area contributed by atoms with Crippen LogP contribution in [0.25, 0.3) is 0 Å². The highest BCUT2D eigenvalue weighted by molar-refractivity contribution is 6.31. The van der Waals surface area contributed by atoms with Crippen LogP contribution in [0.4, 0.5) is 5.69 Å². The maximum absolute atomic E-state index is 12.1. The molecule has 0 heterocycles. The minimum absolute atomic E-state index is 0.123. The van der Waals surface area contributed by atoms with E-state index in [0.29, 0.717) is 11.6 Å². The van der Waals surface area contributed by atoms with E-state index in [1.165, 1.54) is 36.6 Å². The maximum atomic E-state index is 12.1. The van der Waals surface area contributed by atoms with Gasteiger partial charge in [-0.1, -0.05) is 23.3 Å². The quantitative estimate of drug-likeness (QED) is 0.418. The molecule has 0 aromatic heterocycles. The second-order valence-corrected chi connectivity index (χ2v) is 6.55. The average molecular weight is 367 g/mol. The van der Waals surface area contributed by atoms with Crippen LogP contribution in [0.1, 0.15) is 38.5 Å². The third kappa shape index (κ3) is 6.40. The van der Waals surface area contributed by atoms with Gasteiger partial charge in [0, 0.05) is 5.02 Å². The Morgan fingerprint density at radius 2 is 2.08 bits per heavy atom. The Morgan fingerprint density at radius 1 is 1.28 bits per heavy atom. The number of benzene rings is 1. The first-order valence-corrected chi connectivity index (χ1v) is 8.76. The van der Waals surface area contributed by atoms with Crippen molar-refractivity contribution in [3.8, 4) is 5.75 Å². The third-order valence-corrected chi connectivity index (χ3v) is 4.38. The van der Waals surface area contributed by atoms with Crippen LogP contribution in [0, 0.1) is 0 Å². The molecule has 1 aliphatic carbocycles. The first kappa shape index (κ1) is 19.3. The van der Waals surface area contributed by atoms with Crippen molar-refractivity contribution in [3.63, 3.8) is 0 Å². The molecule has 0 unspecified atom stereocenters. The van der Waals surface area contributed by atoms with E-state index in [4.69, 9.17) is 11.6 Å². The Labute approximate surface area is 151 Å². The molecule has 0 spiro atoms. The SMILES string of the molecule is O=C(C[C@H](NCCC1=CCCCC1)C(=O)O)Nc1cc(Cl)ccc1O. The number of hydrogen-bond donors (Lipinski definition) is 4. The molecule has 1 aromatic carbocycles. The van der Waals surface area contributed by atoms with Crippen LogP contribution in [0.5, 0.6) is 5.75 Å². The van der Waals surface area contributed by atoms with Gasteiger partial charge >= 0.3 is 5.97 Å². The Hall–Kier alpha value is -2.05. The number of anilines is 1. The highest BCUT2D eigenvalue weighted by Crippen LogP contribution is 2.26. The first-order valence-electron chi connectivity index (χ1n) is 8.38. The molecule has 7 heteroatoms. The zero-order valence-corrected chi connectivity index (χ0v) is 14.7. The molecular formula is C18H23ClN2O4. The van der Waals surface area contributed by atoms with Crippen molar-refractivity contribution >= 4 is 29.2 Å². The van der Waals surface area contributed by atoms with Crippen molar-refractivity contribution in [3.05, 3.63) is 34.9 Å². The fraction of sp³-hybridized carbons (Fsp3) is 0.444. The summed E-state index contributed by atoms with van der Waals surface area (Å²) in [5, 5.41) is 24.8. The van der Waals surface area contributed by atoms with Crippen molar-refractivity contribution in [1.29, 1.82) is 0 Å². The average Bonchev–Trinajstić information content (AvgIpc) is 2.58. The van der Waals surface area contributed by atoms with E-state index in [9.17, 15) is 19.8 Å². The summed E-state index contributed by atoms with van der Waals surface area (Å²) in [5.41, 5.74) is 1.50. The molecule has 0 aliphatic heterocycles. The number of aromatic hydroxyl groups is 1. The summed E-state index contributed by atoms with van der Waals surface area (Å²) in [7, 11) is 0. The van der Waals surface area contributed by atoms with Gasteiger partial charge in [0.1, 0.15) is 11.8 Å². The Morgan fingerprint density at radius 3 is 2.76 bits per heavy atom.